The molecule has 4 nitrogen and oxygen atoms in total. The van der Waals surface area contributed by atoms with Crippen molar-refractivity contribution in [3.05, 3.63) is 22.7 Å². The number of carbonyl (C=O) groups excluding carboxylic acids is 1. The summed E-state index contributed by atoms with van der Waals surface area (Å²) in [5.74, 6) is 0.448. The van der Waals surface area contributed by atoms with Crippen molar-refractivity contribution >= 4 is 48.5 Å². The van der Waals surface area contributed by atoms with E-state index in [0.29, 0.717) is 0 Å². The van der Waals surface area contributed by atoms with Gasteiger partial charge in [-0.05, 0) is 31.0 Å². The third-order valence-electron chi connectivity index (χ3n) is 4.63. The van der Waals surface area contributed by atoms with Crippen molar-refractivity contribution in [3.8, 4) is 0 Å². The monoisotopic (exact) mass is 410 g/mol. The Kier molecular flexibility index (Phi) is 5.89. The number of anilines is 1. The predicted molar refractivity (Wildman–Crippen MR) is 104 cm³/mol. The minimum absolute atomic E-state index is 0.176. The fraction of sp³-hybridized carbons (Fsp3) is 0.556. The molecule has 0 atom stereocenters. The van der Waals surface area contributed by atoms with Crippen LogP contribution < -0.4 is 9.80 Å². The molecule has 0 spiro atoms. The molecular formula is C18H25BrN3OS+. The van der Waals surface area contributed by atoms with Gasteiger partial charge in [0.1, 0.15) is 0 Å². The maximum absolute atomic E-state index is 13.1. The summed E-state index contributed by atoms with van der Waals surface area (Å²) in [6.45, 7) is 1.66. The zero-order chi connectivity index (χ0) is 17.1. The molecule has 1 aromatic heterocycles. The largest absolute Gasteiger partial charge is 0.338 e. The van der Waals surface area contributed by atoms with Crippen molar-refractivity contribution in [2.75, 3.05) is 32.1 Å². The topological polar surface area (TPSA) is 37.6 Å². The molecule has 0 radical (unpaired) electrons. The highest BCUT2D eigenvalue weighted by Gasteiger charge is 2.29. The van der Waals surface area contributed by atoms with Crippen LogP contribution in [-0.2, 0) is 4.79 Å². The van der Waals surface area contributed by atoms with Crippen LogP contribution in [0.3, 0.4) is 0 Å². The number of hydrogen-bond donors (Lipinski definition) is 1. The minimum Gasteiger partial charge on any atom is -0.338 e. The molecule has 0 aliphatic heterocycles. The van der Waals surface area contributed by atoms with Crippen LogP contribution in [0.2, 0.25) is 0 Å². The van der Waals surface area contributed by atoms with Crippen molar-refractivity contribution in [1.82, 2.24) is 4.98 Å². The second-order valence-electron chi connectivity index (χ2n) is 6.89. The highest BCUT2D eigenvalue weighted by molar-refractivity contribution is 9.10. The number of thiazole rings is 1. The van der Waals surface area contributed by atoms with Crippen LogP contribution in [0.15, 0.2) is 22.7 Å². The molecular weight excluding hydrogens is 386 g/mol. The molecule has 130 valence electrons. The maximum atomic E-state index is 13.1. The summed E-state index contributed by atoms with van der Waals surface area (Å²) in [7, 11) is 4.25. The van der Waals surface area contributed by atoms with Crippen LogP contribution in [0.5, 0.6) is 0 Å². The van der Waals surface area contributed by atoms with Gasteiger partial charge in [0.05, 0.1) is 37.4 Å². The van der Waals surface area contributed by atoms with E-state index in [1.54, 1.807) is 11.3 Å². The molecule has 1 aliphatic carbocycles. The lowest BCUT2D eigenvalue weighted by atomic mass is 9.88. The first-order valence-corrected chi connectivity index (χ1v) is 10.3. The number of hydrogen-bond acceptors (Lipinski definition) is 3. The lowest BCUT2D eigenvalue weighted by Gasteiger charge is -2.27. The number of fused-ring (bicyclic) bond motifs is 1. The quantitative estimate of drug-likeness (QED) is 0.821. The van der Waals surface area contributed by atoms with E-state index in [-0.39, 0.29) is 11.8 Å². The minimum atomic E-state index is 0.176. The van der Waals surface area contributed by atoms with Gasteiger partial charge >= 0.3 is 0 Å². The van der Waals surface area contributed by atoms with Gasteiger partial charge in [0.25, 0.3) is 0 Å². The first kappa shape index (κ1) is 17.8. The Morgan fingerprint density at radius 1 is 1.33 bits per heavy atom. The SMILES string of the molecule is C[NH+](C)CCN(C(=O)C1CCCCC1)c1nc2ccc(Br)cc2s1. The van der Waals surface area contributed by atoms with Crippen LogP contribution in [0.1, 0.15) is 32.1 Å². The van der Waals surface area contributed by atoms with Crippen LogP contribution >= 0.6 is 27.3 Å². The first-order valence-electron chi connectivity index (χ1n) is 8.71. The highest BCUT2D eigenvalue weighted by Crippen LogP contribution is 2.33. The van der Waals surface area contributed by atoms with Crippen LogP contribution in [0.25, 0.3) is 10.2 Å². The normalized spacial score (nSPS) is 16.0. The molecule has 1 N–H and O–H groups in total. The first-order chi connectivity index (χ1) is 11.5. The van der Waals surface area contributed by atoms with Crippen molar-refractivity contribution in [1.29, 1.82) is 0 Å². The van der Waals surface area contributed by atoms with Crippen LogP contribution in [0, 0.1) is 5.92 Å². The van der Waals surface area contributed by atoms with Crippen molar-refractivity contribution in [2.45, 2.75) is 32.1 Å². The molecule has 1 aromatic carbocycles. The standard InChI is InChI=1S/C18H24BrN3OS/c1-21(2)10-11-22(17(23)13-6-4-3-5-7-13)18-20-15-9-8-14(19)12-16(15)24-18/h8-9,12-13H,3-7,10-11H2,1-2H3/p+1. The average Bonchev–Trinajstić information content (AvgIpc) is 2.98. The Balaban J connectivity index is 1.88. The van der Waals surface area contributed by atoms with E-state index in [4.69, 9.17) is 4.98 Å². The molecule has 1 fully saturated rings. The number of benzene rings is 1. The number of quaternary nitrogens is 1. The second kappa shape index (κ2) is 7.93. The number of likely N-dealkylation sites (N-methyl/N-ethyl adjacent to an activating group) is 1. The summed E-state index contributed by atoms with van der Waals surface area (Å²) in [6, 6.07) is 6.10. The molecule has 24 heavy (non-hydrogen) atoms. The zero-order valence-corrected chi connectivity index (χ0v) is 16.8. The number of amides is 1. The number of carbonyl (C=O) groups is 1. The molecule has 1 saturated carbocycles. The lowest BCUT2D eigenvalue weighted by molar-refractivity contribution is -0.856. The fourth-order valence-electron chi connectivity index (χ4n) is 3.21. The van der Waals surface area contributed by atoms with E-state index >= 15 is 0 Å². The molecule has 0 unspecified atom stereocenters. The summed E-state index contributed by atoms with van der Waals surface area (Å²) in [5, 5.41) is 0.847. The molecule has 1 amide bonds. The number of aromatic nitrogens is 1. The van der Waals surface area contributed by atoms with E-state index in [9.17, 15) is 4.79 Å². The highest BCUT2D eigenvalue weighted by atomic mass is 79.9. The fourth-order valence-corrected chi connectivity index (χ4v) is 4.76. The Morgan fingerprint density at radius 3 is 2.79 bits per heavy atom. The molecule has 2 aromatic rings. The van der Waals surface area contributed by atoms with Gasteiger partial charge in [0.15, 0.2) is 5.13 Å². The third kappa shape index (κ3) is 4.16. The average molecular weight is 411 g/mol. The van der Waals surface area contributed by atoms with Gasteiger partial charge < -0.3 is 4.90 Å². The number of nitrogens with zero attached hydrogens (tertiary/aromatic N) is 2. The molecule has 3 rings (SSSR count). The van der Waals surface area contributed by atoms with Crippen LogP contribution in [0.4, 0.5) is 5.13 Å². The van der Waals surface area contributed by atoms with E-state index in [1.165, 1.54) is 24.2 Å². The van der Waals surface area contributed by atoms with Gasteiger partial charge in [-0.1, -0.05) is 46.5 Å². The van der Waals surface area contributed by atoms with Gasteiger partial charge in [-0.15, -0.1) is 0 Å². The van der Waals surface area contributed by atoms with Crippen molar-refractivity contribution in [3.63, 3.8) is 0 Å². The molecule has 6 heteroatoms. The van der Waals surface area contributed by atoms with Gasteiger partial charge in [0, 0.05) is 10.4 Å². The van der Waals surface area contributed by atoms with Gasteiger partial charge in [-0.2, -0.15) is 0 Å². The summed E-state index contributed by atoms with van der Waals surface area (Å²) in [4.78, 5) is 21.2. The Labute approximate surface area is 156 Å². The Bertz CT molecular complexity index is 709. The molecule has 0 bridgehead atoms. The summed E-state index contributed by atoms with van der Waals surface area (Å²) in [5.41, 5.74) is 0.969. The summed E-state index contributed by atoms with van der Waals surface area (Å²) in [6.07, 6.45) is 5.67. The zero-order valence-electron chi connectivity index (χ0n) is 14.3. The van der Waals surface area contributed by atoms with Crippen molar-refractivity contribution < 1.29 is 9.69 Å². The van der Waals surface area contributed by atoms with E-state index in [0.717, 1.165) is 45.8 Å². The van der Waals surface area contributed by atoms with Gasteiger partial charge in [-0.3, -0.25) is 9.69 Å². The predicted octanol–water partition coefficient (Wildman–Crippen LogP) is 3.12. The number of rotatable bonds is 5. The molecule has 1 aliphatic rings. The van der Waals surface area contributed by atoms with E-state index in [2.05, 4.69) is 36.1 Å². The number of halogens is 1. The summed E-state index contributed by atoms with van der Waals surface area (Å²) >= 11 is 5.13. The van der Waals surface area contributed by atoms with Crippen LogP contribution in [-0.4, -0.2) is 38.1 Å². The van der Waals surface area contributed by atoms with E-state index < -0.39 is 0 Å². The smallest absolute Gasteiger partial charge is 0.232 e. The second-order valence-corrected chi connectivity index (χ2v) is 8.82. The molecule has 1 heterocycles. The third-order valence-corrected chi connectivity index (χ3v) is 6.16. The Morgan fingerprint density at radius 2 is 2.08 bits per heavy atom. The Hall–Kier alpha value is -0.980. The summed E-state index contributed by atoms with van der Waals surface area (Å²) < 4.78 is 2.17. The van der Waals surface area contributed by atoms with E-state index in [1.807, 2.05) is 17.0 Å². The molecule has 0 saturated heterocycles. The van der Waals surface area contributed by atoms with Crippen molar-refractivity contribution in [2.24, 2.45) is 5.92 Å². The lowest BCUT2D eigenvalue weighted by Crippen LogP contribution is -3.06. The maximum Gasteiger partial charge on any atom is 0.232 e. The number of nitrogens with one attached hydrogen (secondary N) is 1. The van der Waals surface area contributed by atoms with Gasteiger partial charge in [-0.25, -0.2) is 4.98 Å². The van der Waals surface area contributed by atoms with Gasteiger partial charge in [0.2, 0.25) is 5.91 Å².